The van der Waals surface area contributed by atoms with Crippen LogP contribution in [0.4, 0.5) is 0 Å². The molecule has 0 saturated heterocycles. The fraction of sp³-hybridized carbons (Fsp3) is 0.714. The van der Waals surface area contributed by atoms with Crippen LogP contribution in [0.5, 0.6) is 0 Å². The molecule has 1 amide bonds. The minimum absolute atomic E-state index is 0.0238. The lowest BCUT2D eigenvalue weighted by Crippen LogP contribution is -2.41. The van der Waals surface area contributed by atoms with Gasteiger partial charge in [-0.15, -0.1) is 0 Å². The molecule has 0 aliphatic heterocycles. The van der Waals surface area contributed by atoms with Gasteiger partial charge >= 0.3 is 0 Å². The Morgan fingerprint density at radius 1 is 1.44 bits per heavy atom. The lowest BCUT2D eigenvalue weighted by molar-refractivity contribution is 0.0908. The Bertz CT molecular complexity index is 425. The number of carbonyl (C=O) groups excluding carboxylic acids is 1. The molecular formula is C14H22N2O2. The number of carbonyl (C=O) groups is 1. The van der Waals surface area contributed by atoms with E-state index in [0.717, 1.165) is 18.5 Å². The van der Waals surface area contributed by atoms with Gasteiger partial charge in [-0.2, -0.15) is 0 Å². The third-order valence-electron chi connectivity index (χ3n) is 3.92. The number of rotatable bonds is 3. The van der Waals surface area contributed by atoms with E-state index in [1.54, 1.807) is 6.92 Å². The van der Waals surface area contributed by atoms with Gasteiger partial charge in [-0.1, -0.05) is 31.8 Å². The largest absolute Gasteiger partial charge is 0.361 e. The van der Waals surface area contributed by atoms with Crippen LogP contribution < -0.4 is 5.32 Å². The number of aryl methyl sites for hydroxylation is 2. The highest BCUT2D eigenvalue weighted by Crippen LogP contribution is 2.24. The first-order chi connectivity index (χ1) is 8.63. The van der Waals surface area contributed by atoms with E-state index in [-0.39, 0.29) is 5.91 Å². The van der Waals surface area contributed by atoms with Gasteiger partial charge in [-0.25, -0.2) is 0 Å². The van der Waals surface area contributed by atoms with Crippen molar-refractivity contribution in [1.82, 2.24) is 10.5 Å². The molecule has 1 aliphatic carbocycles. The lowest BCUT2D eigenvalue weighted by Gasteiger charge is -2.29. The van der Waals surface area contributed by atoms with E-state index in [2.05, 4.69) is 17.4 Å². The number of aromatic nitrogens is 1. The molecular weight excluding hydrogens is 228 g/mol. The van der Waals surface area contributed by atoms with Gasteiger partial charge in [0.05, 0.1) is 5.69 Å². The Morgan fingerprint density at radius 3 is 2.83 bits per heavy atom. The van der Waals surface area contributed by atoms with E-state index in [9.17, 15) is 4.79 Å². The molecule has 0 spiro atoms. The molecule has 1 aromatic heterocycles. The maximum absolute atomic E-state index is 12.3. The van der Waals surface area contributed by atoms with Crippen LogP contribution in [-0.2, 0) is 6.42 Å². The van der Waals surface area contributed by atoms with Crippen LogP contribution in [0.15, 0.2) is 4.52 Å². The van der Waals surface area contributed by atoms with Gasteiger partial charge in [0.2, 0.25) is 0 Å². The van der Waals surface area contributed by atoms with Crippen molar-refractivity contribution in [2.45, 2.75) is 58.9 Å². The van der Waals surface area contributed by atoms with Gasteiger partial charge in [0.15, 0.2) is 0 Å². The Kier molecular flexibility index (Phi) is 4.04. The van der Waals surface area contributed by atoms with Gasteiger partial charge in [0, 0.05) is 6.04 Å². The van der Waals surface area contributed by atoms with E-state index in [0.29, 0.717) is 23.3 Å². The van der Waals surface area contributed by atoms with Gasteiger partial charge < -0.3 is 9.84 Å². The fourth-order valence-corrected chi connectivity index (χ4v) is 2.72. The van der Waals surface area contributed by atoms with Crippen molar-refractivity contribution in [1.29, 1.82) is 0 Å². The van der Waals surface area contributed by atoms with Crippen molar-refractivity contribution >= 4 is 5.91 Å². The normalized spacial score (nSPS) is 23.9. The quantitative estimate of drug-likeness (QED) is 0.897. The minimum Gasteiger partial charge on any atom is -0.361 e. The summed E-state index contributed by atoms with van der Waals surface area (Å²) in [6.45, 7) is 5.99. The highest BCUT2D eigenvalue weighted by Gasteiger charge is 2.26. The van der Waals surface area contributed by atoms with Crippen LogP contribution in [0.25, 0.3) is 0 Å². The SMILES string of the molecule is CCc1noc(C)c1C(=O)N[C@H]1CCCC[C@H]1C. The maximum Gasteiger partial charge on any atom is 0.257 e. The fourth-order valence-electron chi connectivity index (χ4n) is 2.72. The second-order valence-corrected chi connectivity index (χ2v) is 5.26. The van der Waals surface area contributed by atoms with Crippen LogP contribution in [-0.4, -0.2) is 17.1 Å². The molecule has 0 radical (unpaired) electrons. The molecule has 18 heavy (non-hydrogen) atoms. The molecule has 100 valence electrons. The molecule has 4 heteroatoms. The molecule has 1 N–H and O–H groups in total. The zero-order valence-corrected chi connectivity index (χ0v) is 11.5. The average molecular weight is 250 g/mol. The van der Waals surface area contributed by atoms with Crippen LogP contribution >= 0.6 is 0 Å². The predicted octanol–water partition coefficient (Wildman–Crippen LogP) is 2.85. The van der Waals surface area contributed by atoms with Gasteiger partial charge in [0.1, 0.15) is 11.3 Å². The first kappa shape index (κ1) is 13.1. The Hall–Kier alpha value is -1.32. The lowest BCUT2D eigenvalue weighted by atomic mass is 9.86. The van der Waals surface area contributed by atoms with Crippen molar-refractivity contribution in [3.8, 4) is 0 Å². The zero-order valence-electron chi connectivity index (χ0n) is 11.5. The zero-order chi connectivity index (χ0) is 13.1. The maximum atomic E-state index is 12.3. The minimum atomic E-state index is -0.0238. The van der Waals surface area contributed by atoms with Crippen molar-refractivity contribution in [2.24, 2.45) is 5.92 Å². The van der Waals surface area contributed by atoms with Crippen molar-refractivity contribution in [2.75, 3.05) is 0 Å². The Morgan fingerprint density at radius 2 is 2.17 bits per heavy atom. The Balaban J connectivity index is 2.09. The van der Waals surface area contributed by atoms with Gasteiger partial charge in [-0.3, -0.25) is 4.79 Å². The second-order valence-electron chi connectivity index (χ2n) is 5.26. The van der Waals surface area contributed by atoms with E-state index in [1.165, 1.54) is 19.3 Å². The number of hydrogen-bond donors (Lipinski definition) is 1. The highest BCUT2D eigenvalue weighted by molar-refractivity contribution is 5.96. The first-order valence-electron chi connectivity index (χ1n) is 6.89. The van der Waals surface area contributed by atoms with Crippen LogP contribution in [0, 0.1) is 12.8 Å². The summed E-state index contributed by atoms with van der Waals surface area (Å²) in [5.41, 5.74) is 1.39. The van der Waals surface area contributed by atoms with E-state index in [1.807, 2.05) is 6.92 Å². The van der Waals surface area contributed by atoms with Crippen molar-refractivity contribution in [3.05, 3.63) is 17.0 Å². The van der Waals surface area contributed by atoms with E-state index < -0.39 is 0 Å². The summed E-state index contributed by atoms with van der Waals surface area (Å²) in [5, 5.41) is 7.08. The summed E-state index contributed by atoms with van der Waals surface area (Å²) in [7, 11) is 0. The summed E-state index contributed by atoms with van der Waals surface area (Å²) in [5.74, 6) is 1.16. The predicted molar refractivity (Wildman–Crippen MR) is 69.5 cm³/mol. The summed E-state index contributed by atoms with van der Waals surface area (Å²) < 4.78 is 5.11. The molecule has 0 unspecified atom stereocenters. The summed E-state index contributed by atoms with van der Waals surface area (Å²) in [4.78, 5) is 12.3. The second kappa shape index (κ2) is 5.55. The number of amides is 1. The summed E-state index contributed by atoms with van der Waals surface area (Å²) in [6, 6.07) is 0.297. The van der Waals surface area contributed by atoms with Gasteiger partial charge in [-0.05, 0) is 32.1 Å². The topological polar surface area (TPSA) is 55.1 Å². The summed E-state index contributed by atoms with van der Waals surface area (Å²) in [6.07, 6.45) is 5.49. The third kappa shape index (κ3) is 2.57. The molecule has 0 bridgehead atoms. The molecule has 1 fully saturated rings. The number of nitrogens with zero attached hydrogens (tertiary/aromatic N) is 1. The third-order valence-corrected chi connectivity index (χ3v) is 3.92. The molecule has 2 rings (SSSR count). The molecule has 1 aromatic rings. The molecule has 2 atom stereocenters. The summed E-state index contributed by atoms with van der Waals surface area (Å²) >= 11 is 0. The molecule has 4 nitrogen and oxygen atoms in total. The van der Waals surface area contributed by atoms with Crippen LogP contribution in [0.1, 0.15) is 61.3 Å². The van der Waals surface area contributed by atoms with Crippen molar-refractivity contribution < 1.29 is 9.32 Å². The van der Waals surface area contributed by atoms with Crippen LogP contribution in [0.2, 0.25) is 0 Å². The van der Waals surface area contributed by atoms with Crippen LogP contribution in [0.3, 0.4) is 0 Å². The monoisotopic (exact) mass is 250 g/mol. The highest BCUT2D eigenvalue weighted by atomic mass is 16.5. The van der Waals surface area contributed by atoms with Crippen molar-refractivity contribution in [3.63, 3.8) is 0 Å². The number of hydrogen-bond acceptors (Lipinski definition) is 3. The smallest absolute Gasteiger partial charge is 0.257 e. The average Bonchev–Trinajstić information content (AvgIpc) is 2.73. The Labute approximate surface area is 108 Å². The standard InChI is InChI=1S/C14H22N2O2/c1-4-11-13(10(3)18-16-11)14(17)15-12-8-6-5-7-9(12)2/h9,12H,4-8H2,1-3H3,(H,15,17)/t9-,12+/m1/s1. The number of nitrogens with one attached hydrogen (secondary N) is 1. The molecule has 0 aromatic carbocycles. The van der Waals surface area contributed by atoms with E-state index >= 15 is 0 Å². The van der Waals surface area contributed by atoms with Gasteiger partial charge in [0.25, 0.3) is 5.91 Å². The van der Waals surface area contributed by atoms with E-state index in [4.69, 9.17) is 4.52 Å². The first-order valence-corrected chi connectivity index (χ1v) is 6.89. The molecule has 1 aliphatic rings. The molecule has 1 saturated carbocycles. The molecule has 1 heterocycles.